The number of carbonyl (C=O) groups is 1. The van der Waals surface area contributed by atoms with E-state index < -0.39 is 0 Å². The van der Waals surface area contributed by atoms with E-state index in [1.165, 1.54) is 0 Å². The first-order valence-electron chi connectivity index (χ1n) is 12.1. The normalized spacial score (nSPS) is 17.8. The lowest BCUT2D eigenvalue weighted by molar-refractivity contribution is -0.148. The van der Waals surface area contributed by atoms with Crippen LogP contribution in [0.3, 0.4) is 0 Å². The van der Waals surface area contributed by atoms with E-state index in [1.54, 1.807) is 25.2 Å². The second-order valence-corrected chi connectivity index (χ2v) is 9.62. The van der Waals surface area contributed by atoms with Crippen molar-refractivity contribution in [3.05, 3.63) is 41.5 Å². The number of rotatable bonds is 5. The summed E-state index contributed by atoms with van der Waals surface area (Å²) in [6.45, 7) is 6.74. The molecule has 0 atom stereocenters. The van der Waals surface area contributed by atoms with Crippen molar-refractivity contribution in [2.24, 2.45) is 12.5 Å². The molecule has 2 aliphatic rings. The number of piperidine rings is 2. The highest BCUT2D eigenvalue weighted by Gasteiger charge is 2.46. The highest BCUT2D eigenvalue weighted by atomic mass is 16.5. The van der Waals surface area contributed by atoms with Crippen LogP contribution in [0.4, 0.5) is 5.95 Å². The molecule has 1 amide bonds. The molecule has 0 aromatic carbocycles. The first-order valence-corrected chi connectivity index (χ1v) is 12.1. The van der Waals surface area contributed by atoms with Crippen molar-refractivity contribution in [2.45, 2.75) is 46.1 Å². The number of hydrogen-bond donors (Lipinski definition) is 0. The highest BCUT2D eigenvalue weighted by Crippen LogP contribution is 2.42. The van der Waals surface area contributed by atoms with E-state index in [0.717, 1.165) is 79.6 Å². The molecule has 3 aromatic heterocycles. The Hall–Kier alpha value is -3.56. The minimum atomic E-state index is -0.324. The summed E-state index contributed by atoms with van der Waals surface area (Å²) in [4.78, 5) is 33.0. The van der Waals surface area contributed by atoms with Crippen LogP contribution in [-0.2, 0) is 18.4 Å². The lowest BCUT2D eigenvalue weighted by Gasteiger charge is -2.46. The average molecular weight is 477 g/mol. The predicted molar refractivity (Wildman–Crippen MR) is 131 cm³/mol. The first-order chi connectivity index (χ1) is 16.9. The van der Waals surface area contributed by atoms with Crippen LogP contribution in [0.15, 0.2) is 24.4 Å². The summed E-state index contributed by atoms with van der Waals surface area (Å²) >= 11 is 0. The maximum Gasteiger partial charge on any atom is 0.229 e. The molecule has 3 aromatic rings. The van der Waals surface area contributed by atoms with Gasteiger partial charge in [-0.05, 0) is 51.7 Å². The Morgan fingerprint density at radius 1 is 1.03 bits per heavy atom. The molecule has 0 bridgehead atoms. The average Bonchev–Trinajstić information content (AvgIpc) is 3.22. The summed E-state index contributed by atoms with van der Waals surface area (Å²) in [6, 6.07) is 5.72. The van der Waals surface area contributed by atoms with Crippen LogP contribution in [0.1, 0.15) is 42.8 Å². The summed E-state index contributed by atoms with van der Waals surface area (Å²) in [6.07, 6.45) is 5.24. The van der Waals surface area contributed by atoms with E-state index in [0.29, 0.717) is 12.4 Å². The van der Waals surface area contributed by atoms with E-state index in [4.69, 9.17) is 4.74 Å². The van der Waals surface area contributed by atoms with Crippen LogP contribution in [-0.4, -0.2) is 67.5 Å². The van der Waals surface area contributed by atoms with E-state index in [2.05, 4.69) is 30.0 Å². The number of aryl methyl sites for hydroxylation is 3. The van der Waals surface area contributed by atoms with E-state index in [9.17, 15) is 4.79 Å². The number of nitrogens with zero attached hydrogens (tertiary/aromatic N) is 8. The van der Waals surface area contributed by atoms with Crippen molar-refractivity contribution < 1.29 is 9.53 Å². The fourth-order valence-electron chi connectivity index (χ4n) is 5.38. The number of ether oxygens (including phenoxy) is 1. The summed E-state index contributed by atoms with van der Waals surface area (Å²) in [5.74, 6) is 1.52. The third-order valence-corrected chi connectivity index (χ3v) is 7.14. The van der Waals surface area contributed by atoms with Crippen LogP contribution in [0.2, 0.25) is 0 Å². The lowest BCUT2D eigenvalue weighted by atomic mass is 9.71. The van der Waals surface area contributed by atoms with Crippen molar-refractivity contribution >= 4 is 11.9 Å². The van der Waals surface area contributed by atoms with Gasteiger partial charge in [0.1, 0.15) is 11.4 Å². The Bertz CT molecular complexity index is 1210. The molecule has 184 valence electrons. The Balaban J connectivity index is 1.32. The summed E-state index contributed by atoms with van der Waals surface area (Å²) in [7, 11) is 3.39. The van der Waals surface area contributed by atoms with Gasteiger partial charge in [-0.25, -0.2) is 15.0 Å². The fourth-order valence-corrected chi connectivity index (χ4v) is 5.38. The third kappa shape index (κ3) is 4.56. The van der Waals surface area contributed by atoms with Gasteiger partial charge in [-0.1, -0.05) is 0 Å². The number of aromatic nitrogens is 6. The number of anilines is 1. The number of likely N-dealkylation sites (tertiary alicyclic amines) is 1. The van der Waals surface area contributed by atoms with Gasteiger partial charge in [-0.2, -0.15) is 15.0 Å². The molecule has 10 nitrogen and oxygen atoms in total. The van der Waals surface area contributed by atoms with Gasteiger partial charge in [-0.15, -0.1) is 0 Å². The molecule has 0 unspecified atom stereocenters. The highest BCUT2D eigenvalue weighted by molar-refractivity contribution is 5.84. The monoisotopic (exact) mass is 476 g/mol. The van der Waals surface area contributed by atoms with E-state index in [-0.39, 0.29) is 11.3 Å². The first kappa shape index (κ1) is 23.2. The van der Waals surface area contributed by atoms with Crippen molar-refractivity contribution in [3.63, 3.8) is 0 Å². The Morgan fingerprint density at radius 2 is 1.77 bits per heavy atom. The van der Waals surface area contributed by atoms with Gasteiger partial charge >= 0.3 is 0 Å². The Labute approximate surface area is 205 Å². The molecule has 5 heterocycles. The van der Waals surface area contributed by atoms with Crippen molar-refractivity contribution in [1.29, 1.82) is 0 Å². The van der Waals surface area contributed by atoms with E-state index >= 15 is 0 Å². The molecule has 1 spiro atoms. The minimum Gasteiger partial charge on any atom is -0.481 e. The number of methoxy groups -OCH3 is 1. The largest absolute Gasteiger partial charge is 0.481 e. The molecule has 2 fully saturated rings. The summed E-state index contributed by atoms with van der Waals surface area (Å²) in [5, 5.41) is 9.17. The summed E-state index contributed by atoms with van der Waals surface area (Å²) in [5.41, 5.74) is 4.03. The smallest absolute Gasteiger partial charge is 0.229 e. The quantitative estimate of drug-likeness (QED) is 0.554. The van der Waals surface area contributed by atoms with Gasteiger partial charge < -0.3 is 14.5 Å². The van der Waals surface area contributed by atoms with E-state index in [1.807, 2.05) is 36.9 Å². The topological polar surface area (TPSA) is 102 Å². The number of amides is 1. The predicted octanol–water partition coefficient (Wildman–Crippen LogP) is 2.70. The number of hydrogen-bond acceptors (Lipinski definition) is 8. The fraction of sp³-hybridized carbons (Fsp3) is 0.520. The zero-order chi connectivity index (χ0) is 24.6. The van der Waals surface area contributed by atoms with Gasteiger partial charge in [0.25, 0.3) is 0 Å². The zero-order valence-corrected chi connectivity index (χ0v) is 20.9. The van der Waals surface area contributed by atoms with Gasteiger partial charge in [0.05, 0.1) is 19.1 Å². The Kier molecular flexibility index (Phi) is 6.12. The van der Waals surface area contributed by atoms with Crippen molar-refractivity contribution in [2.75, 3.05) is 31.6 Å². The maximum absolute atomic E-state index is 13.8. The third-order valence-electron chi connectivity index (χ3n) is 7.14. The van der Waals surface area contributed by atoms with Gasteiger partial charge in [0.2, 0.25) is 17.7 Å². The van der Waals surface area contributed by atoms with Crippen LogP contribution in [0.5, 0.6) is 5.88 Å². The van der Waals surface area contributed by atoms with Crippen LogP contribution >= 0.6 is 0 Å². The lowest BCUT2D eigenvalue weighted by Crippen LogP contribution is -2.53. The van der Waals surface area contributed by atoms with Crippen LogP contribution in [0.25, 0.3) is 11.3 Å². The minimum absolute atomic E-state index is 0.230. The second-order valence-electron chi connectivity index (χ2n) is 9.62. The molecule has 0 N–H and O–H groups in total. The molecule has 5 rings (SSSR count). The SMILES string of the molecule is COc1cc(-c2nn(C)nc2CN2CCCC3(CCN(c4nc(C)cc(C)n4)CC3)C2=O)ccn1. The van der Waals surface area contributed by atoms with Crippen LogP contribution in [0, 0.1) is 19.3 Å². The number of carbonyl (C=O) groups excluding carboxylic acids is 1. The molecule has 2 saturated heterocycles. The van der Waals surface area contributed by atoms with Crippen molar-refractivity contribution in [3.8, 4) is 17.1 Å². The Morgan fingerprint density at radius 3 is 2.49 bits per heavy atom. The molecule has 0 radical (unpaired) electrons. The standard InChI is InChI=1S/C25H32N8O2/c1-17-14-18(2)28-24(27-17)32-12-8-25(9-13-32)7-5-11-33(23(25)34)16-20-22(30-31(3)29-20)19-6-10-26-21(15-19)35-4/h6,10,14-15H,5,7-9,11-13,16H2,1-4H3. The molecular weight excluding hydrogens is 444 g/mol. The van der Waals surface area contributed by atoms with Gasteiger partial charge in [-0.3, -0.25) is 4.79 Å². The van der Waals surface area contributed by atoms with Crippen molar-refractivity contribution in [1.82, 2.24) is 34.8 Å². The molecule has 0 saturated carbocycles. The molecule has 0 aliphatic carbocycles. The van der Waals surface area contributed by atoms with Gasteiger partial charge in [0.15, 0.2) is 0 Å². The van der Waals surface area contributed by atoms with Crippen LogP contribution < -0.4 is 9.64 Å². The van der Waals surface area contributed by atoms with Gasteiger partial charge in [0, 0.05) is 55.9 Å². The number of pyridine rings is 1. The maximum atomic E-state index is 13.8. The zero-order valence-electron chi connectivity index (χ0n) is 20.9. The second kappa shape index (κ2) is 9.24. The molecular formula is C25H32N8O2. The summed E-state index contributed by atoms with van der Waals surface area (Å²) < 4.78 is 5.28. The molecule has 10 heteroatoms. The molecule has 35 heavy (non-hydrogen) atoms. The molecule has 2 aliphatic heterocycles.